The molecule has 0 bridgehead atoms. The van der Waals surface area contributed by atoms with Gasteiger partial charge in [0.2, 0.25) is 0 Å². The van der Waals surface area contributed by atoms with Crippen LogP contribution in [0.2, 0.25) is 0 Å². The molecule has 0 amide bonds. The number of rotatable bonds is 5. The summed E-state index contributed by atoms with van der Waals surface area (Å²) in [4.78, 5) is 4.21. The third-order valence-corrected chi connectivity index (χ3v) is 3.68. The average Bonchev–Trinajstić information content (AvgIpc) is 2.97. The number of benzene rings is 1. The van der Waals surface area contributed by atoms with Crippen molar-refractivity contribution < 1.29 is 8.78 Å². The maximum atomic E-state index is 14.1. The van der Waals surface area contributed by atoms with Gasteiger partial charge in [-0.25, -0.2) is 13.8 Å². The highest BCUT2D eigenvalue weighted by molar-refractivity contribution is 5.67. The first-order valence-electron chi connectivity index (χ1n) is 7.69. The topological polar surface area (TPSA) is 91.7 Å². The van der Waals surface area contributed by atoms with E-state index in [0.29, 0.717) is 11.6 Å². The van der Waals surface area contributed by atoms with E-state index in [2.05, 4.69) is 25.8 Å². The van der Waals surface area contributed by atoms with Crippen LogP contribution in [0.25, 0.3) is 0 Å². The highest BCUT2D eigenvalue weighted by Gasteiger charge is 2.14. The van der Waals surface area contributed by atoms with Gasteiger partial charge in [0.15, 0.2) is 23.3 Å². The Morgan fingerprint density at radius 1 is 1.12 bits per heavy atom. The fourth-order valence-electron chi connectivity index (χ4n) is 2.35. The Balaban J connectivity index is 1.83. The van der Waals surface area contributed by atoms with Crippen LogP contribution in [0.15, 0.2) is 36.4 Å². The summed E-state index contributed by atoms with van der Waals surface area (Å²) in [5.41, 5.74) is 7.73. The molecule has 0 aliphatic rings. The standard InChI is InChI=1S/C17H18F2N6/c1-9-7-15(25-24-9)22-16-13(19)8-14(20)17(23-16)21-10(2)11-3-5-12(18)6-4-11/h3-8,10H,20H2,1-2H3,(H3,21,22,23,24,25)/t10-/m0/s1. The van der Waals surface area contributed by atoms with Gasteiger partial charge in [-0.3, -0.25) is 5.10 Å². The molecule has 6 nitrogen and oxygen atoms in total. The number of anilines is 4. The van der Waals surface area contributed by atoms with Crippen molar-refractivity contribution in [1.82, 2.24) is 15.2 Å². The lowest BCUT2D eigenvalue weighted by Crippen LogP contribution is -2.11. The van der Waals surface area contributed by atoms with Crippen molar-refractivity contribution in [3.8, 4) is 0 Å². The highest BCUT2D eigenvalue weighted by Crippen LogP contribution is 2.27. The van der Waals surface area contributed by atoms with Crippen LogP contribution >= 0.6 is 0 Å². The molecule has 5 N–H and O–H groups in total. The van der Waals surface area contributed by atoms with E-state index in [4.69, 9.17) is 5.73 Å². The van der Waals surface area contributed by atoms with Crippen molar-refractivity contribution in [3.05, 3.63) is 59.3 Å². The van der Waals surface area contributed by atoms with Crippen LogP contribution in [0.1, 0.15) is 24.2 Å². The first-order valence-corrected chi connectivity index (χ1v) is 7.69. The normalized spacial score (nSPS) is 12.0. The quantitative estimate of drug-likeness (QED) is 0.564. The van der Waals surface area contributed by atoms with Gasteiger partial charge in [0.25, 0.3) is 0 Å². The molecule has 3 rings (SSSR count). The van der Waals surface area contributed by atoms with Gasteiger partial charge in [0, 0.05) is 17.8 Å². The summed E-state index contributed by atoms with van der Waals surface area (Å²) in [5.74, 6) is -0.108. The number of hydrogen-bond acceptors (Lipinski definition) is 5. The number of nitrogens with zero attached hydrogens (tertiary/aromatic N) is 2. The van der Waals surface area contributed by atoms with Crippen molar-refractivity contribution >= 4 is 23.1 Å². The Morgan fingerprint density at radius 2 is 1.84 bits per heavy atom. The molecule has 1 atom stereocenters. The monoisotopic (exact) mass is 344 g/mol. The minimum absolute atomic E-state index is 0.00880. The first-order chi connectivity index (χ1) is 11.9. The number of aromatic nitrogens is 3. The van der Waals surface area contributed by atoms with E-state index in [1.165, 1.54) is 18.2 Å². The molecular formula is C17H18F2N6. The Bertz CT molecular complexity index is 875. The van der Waals surface area contributed by atoms with E-state index >= 15 is 0 Å². The van der Waals surface area contributed by atoms with E-state index in [-0.39, 0.29) is 23.4 Å². The fraction of sp³-hybridized carbons (Fsp3) is 0.176. The summed E-state index contributed by atoms with van der Waals surface area (Å²) in [5, 5.41) is 12.7. The van der Waals surface area contributed by atoms with Gasteiger partial charge in [0.05, 0.1) is 11.7 Å². The minimum Gasteiger partial charge on any atom is -0.396 e. The van der Waals surface area contributed by atoms with Gasteiger partial charge in [-0.05, 0) is 31.5 Å². The second kappa shape index (κ2) is 6.76. The zero-order valence-electron chi connectivity index (χ0n) is 13.8. The molecule has 3 aromatic rings. The van der Waals surface area contributed by atoms with Crippen LogP contribution in [0.3, 0.4) is 0 Å². The maximum absolute atomic E-state index is 14.1. The van der Waals surface area contributed by atoms with E-state index in [0.717, 1.165) is 11.3 Å². The van der Waals surface area contributed by atoms with Crippen molar-refractivity contribution in [3.63, 3.8) is 0 Å². The van der Waals surface area contributed by atoms with Gasteiger partial charge in [-0.2, -0.15) is 5.10 Å². The van der Waals surface area contributed by atoms with Gasteiger partial charge in [-0.15, -0.1) is 0 Å². The van der Waals surface area contributed by atoms with E-state index in [1.807, 2.05) is 13.8 Å². The highest BCUT2D eigenvalue weighted by atomic mass is 19.1. The van der Waals surface area contributed by atoms with Crippen molar-refractivity contribution in [2.75, 3.05) is 16.4 Å². The molecule has 0 unspecified atom stereocenters. The number of H-pyrrole nitrogens is 1. The second-order valence-corrected chi connectivity index (χ2v) is 5.74. The lowest BCUT2D eigenvalue weighted by Gasteiger charge is -2.17. The Hall–Kier alpha value is -3.16. The lowest BCUT2D eigenvalue weighted by molar-refractivity contribution is 0.625. The molecule has 0 fully saturated rings. The molecule has 2 heterocycles. The van der Waals surface area contributed by atoms with Crippen LogP contribution in [-0.2, 0) is 0 Å². The molecule has 0 saturated carbocycles. The third-order valence-electron chi connectivity index (χ3n) is 3.68. The molecule has 0 spiro atoms. The van der Waals surface area contributed by atoms with Crippen LogP contribution < -0.4 is 16.4 Å². The maximum Gasteiger partial charge on any atom is 0.170 e. The first kappa shape index (κ1) is 16.7. The number of pyridine rings is 1. The number of nitrogen functional groups attached to an aromatic ring is 1. The molecule has 0 aliphatic heterocycles. The summed E-state index contributed by atoms with van der Waals surface area (Å²) in [7, 11) is 0. The third kappa shape index (κ3) is 3.85. The van der Waals surface area contributed by atoms with Crippen molar-refractivity contribution in [1.29, 1.82) is 0 Å². The number of aryl methyl sites for hydroxylation is 1. The molecule has 0 radical (unpaired) electrons. The van der Waals surface area contributed by atoms with Crippen LogP contribution in [0, 0.1) is 18.6 Å². The average molecular weight is 344 g/mol. The lowest BCUT2D eigenvalue weighted by atomic mass is 10.1. The number of hydrogen-bond donors (Lipinski definition) is 4. The molecule has 2 aromatic heterocycles. The number of aromatic amines is 1. The molecule has 0 aliphatic carbocycles. The Morgan fingerprint density at radius 3 is 2.48 bits per heavy atom. The summed E-state index contributed by atoms with van der Waals surface area (Å²) in [6.07, 6.45) is 0. The van der Waals surface area contributed by atoms with Crippen LogP contribution in [0.5, 0.6) is 0 Å². The Labute approximate surface area is 143 Å². The fourth-order valence-corrected chi connectivity index (χ4v) is 2.35. The minimum atomic E-state index is -0.585. The SMILES string of the molecule is Cc1cc(Nc2nc(N[C@@H](C)c3ccc(F)cc3)c(N)cc2F)n[nH]1. The molecule has 8 heteroatoms. The summed E-state index contributed by atoms with van der Waals surface area (Å²) in [6.45, 7) is 3.71. The summed E-state index contributed by atoms with van der Waals surface area (Å²) in [6, 6.07) is 8.81. The van der Waals surface area contributed by atoms with Crippen molar-refractivity contribution in [2.24, 2.45) is 0 Å². The molecule has 0 saturated heterocycles. The second-order valence-electron chi connectivity index (χ2n) is 5.74. The van der Waals surface area contributed by atoms with Gasteiger partial charge in [-0.1, -0.05) is 12.1 Å². The van der Waals surface area contributed by atoms with E-state index in [1.54, 1.807) is 18.2 Å². The molecule has 130 valence electrons. The molecular weight excluding hydrogens is 326 g/mol. The number of nitrogens with two attached hydrogens (primary N) is 1. The predicted octanol–water partition coefficient (Wildman–Crippen LogP) is 3.89. The Kier molecular flexibility index (Phi) is 4.51. The van der Waals surface area contributed by atoms with Crippen LogP contribution in [0.4, 0.5) is 31.9 Å². The zero-order valence-corrected chi connectivity index (χ0v) is 13.8. The van der Waals surface area contributed by atoms with Crippen LogP contribution in [-0.4, -0.2) is 15.2 Å². The van der Waals surface area contributed by atoms with Gasteiger partial charge in [0.1, 0.15) is 5.82 Å². The predicted molar refractivity (Wildman–Crippen MR) is 93.7 cm³/mol. The summed E-state index contributed by atoms with van der Waals surface area (Å²) >= 11 is 0. The van der Waals surface area contributed by atoms with Gasteiger partial charge >= 0.3 is 0 Å². The zero-order chi connectivity index (χ0) is 18.0. The van der Waals surface area contributed by atoms with E-state index in [9.17, 15) is 8.78 Å². The van der Waals surface area contributed by atoms with Crippen molar-refractivity contribution in [2.45, 2.75) is 19.9 Å². The van der Waals surface area contributed by atoms with Gasteiger partial charge < -0.3 is 16.4 Å². The molecule has 25 heavy (non-hydrogen) atoms. The van der Waals surface area contributed by atoms with E-state index < -0.39 is 5.82 Å². The number of halogens is 2. The smallest absolute Gasteiger partial charge is 0.170 e. The largest absolute Gasteiger partial charge is 0.396 e. The number of nitrogens with one attached hydrogen (secondary N) is 3. The summed E-state index contributed by atoms with van der Waals surface area (Å²) < 4.78 is 27.2. The molecule has 1 aromatic carbocycles.